The lowest BCUT2D eigenvalue weighted by Gasteiger charge is -2.20. The van der Waals surface area contributed by atoms with Crippen LogP contribution in [-0.2, 0) is 43.1 Å². The molecule has 4 atom stereocenters. The van der Waals surface area contributed by atoms with E-state index in [0.29, 0.717) is 41.4 Å². The molecule has 0 aliphatic rings. The largest absolute Gasteiger partial charge is 0.469 e. The molecule has 0 spiro atoms. The van der Waals surface area contributed by atoms with Crippen molar-refractivity contribution in [2.24, 2.45) is 5.92 Å². The topological polar surface area (TPSA) is 208 Å². The summed E-state index contributed by atoms with van der Waals surface area (Å²) in [6, 6.07) is 2.64. The van der Waals surface area contributed by atoms with Crippen molar-refractivity contribution in [2.75, 3.05) is 30.1 Å². The van der Waals surface area contributed by atoms with Crippen LogP contribution >= 0.6 is 47.9 Å². The highest BCUT2D eigenvalue weighted by Crippen LogP contribution is 2.32. The van der Waals surface area contributed by atoms with Gasteiger partial charge in [-0.3, -0.25) is 33.6 Å². The fourth-order valence-corrected chi connectivity index (χ4v) is 7.82. The van der Waals surface area contributed by atoms with E-state index in [1.54, 1.807) is 0 Å². The fraction of sp³-hybridized carbons (Fsp3) is 0.400. The zero-order valence-corrected chi connectivity index (χ0v) is 33.6. The van der Waals surface area contributed by atoms with Gasteiger partial charge in [0, 0.05) is 61.8 Å². The zero-order valence-electron chi connectivity index (χ0n) is 30.2. The van der Waals surface area contributed by atoms with E-state index in [1.807, 2.05) is 0 Å². The van der Waals surface area contributed by atoms with Gasteiger partial charge in [-0.15, -0.1) is 0 Å². The van der Waals surface area contributed by atoms with Gasteiger partial charge < -0.3 is 30.2 Å². The zero-order chi connectivity index (χ0) is 41.4. The molecule has 298 valence electrons. The third-order valence-electron chi connectivity index (χ3n) is 7.09. The van der Waals surface area contributed by atoms with Crippen molar-refractivity contribution in [3.05, 3.63) is 53.6 Å². The maximum atomic E-state index is 14.8. The van der Waals surface area contributed by atoms with Crippen LogP contribution in [0.1, 0.15) is 44.5 Å². The summed E-state index contributed by atoms with van der Waals surface area (Å²) in [5.74, 6) is -7.98. The Morgan fingerprint density at radius 1 is 0.709 bits per heavy atom. The van der Waals surface area contributed by atoms with Gasteiger partial charge in [0.05, 0.1) is 18.6 Å². The molecule has 0 heterocycles. The fourth-order valence-electron chi connectivity index (χ4n) is 4.61. The number of hydrogen-bond donors (Lipinski definition) is 4. The van der Waals surface area contributed by atoms with E-state index in [4.69, 9.17) is 9.47 Å². The molecular formula is C35H39F2N3O11S4. The highest BCUT2D eigenvalue weighted by atomic mass is 32.2. The number of carbonyl (C=O) groups is 9. The van der Waals surface area contributed by atoms with E-state index >= 15 is 0 Å². The second kappa shape index (κ2) is 23.0. The van der Waals surface area contributed by atoms with E-state index < -0.39 is 80.7 Å². The van der Waals surface area contributed by atoms with E-state index in [2.05, 4.69) is 28.6 Å². The maximum Gasteiger partial charge on any atom is 0.334 e. The van der Waals surface area contributed by atoms with Crippen molar-refractivity contribution in [1.82, 2.24) is 16.0 Å². The second-order valence-electron chi connectivity index (χ2n) is 11.7. The average molecular weight is 844 g/mol. The minimum atomic E-state index is -1.44. The van der Waals surface area contributed by atoms with Gasteiger partial charge in [-0.25, -0.2) is 13.6 Å². The highest BCUT2D eigenvalue weighted by molar-refractivity contribution is 8.15. The Hall–Kier alpha value is -4.27. The Morgan fingerprint density at radius 2 is 1.27 bits per heavy atom. The van der Waals surface area contributed by atoms with Crippen LogP contribution < -0.4 is 20.7 Å². The molecule has 3 amide bonds. The van der Waals surface area contributed by atoms with Crippen LogP contribution in [0.3, 0.4) is 0 Å². The van der Waals surface area contributed by atoms with Crippen LogP contribution in [0.15, 0.2) is 36.4 Å². The van der Waals surface area contributed by atoms with Gasteiger partial charge in [-0.1, -0.05) is 41.4 Å². The summed E-state index contributed by atoms with van der Waals surface area (Å²) in [5.41, 5.74) is -0.365. The van der Waals surface area contributed by atoms with Crippen molar-refractivity contribution >= 4 is 98.7 Å². The molecule has 0 bridgehead atoms. The molecule has 2 aromatic carbocycles. The first kappa shape index (κ1) is 46.9. The first-order valence-electron chi connectivity index (χ1n) is 16.2. The van der Waals surface area contributed by atoms with Crippen LogP contribution in [0.5, 0.6) is 5.75 Å². The monoisotopic (exact) mass is 843 g/mol. The van der Waals surface area contributed by atoms with E-state index in [-0.39, 0.29) is 57.7 Å². The maximum absolute atomic E-state index is 14.8. The lowest BCUT2D eigenvalue weighted by atomic mass is 10.0. The summed E-state index contributed by atoms with van der Waals surface area (Å²) < 4.78 is 38.7. The minimum absolute atomic E-state index is 0.0498. The number of ketones is 1. The lowest BCUT2D eigenvalue weighted by Crippen LogP contribution is -2.45. The van der Waals surface area contributed by atoms with Gasteiger partial charge in [-0.05, 0) is 36.8 Å². The van der Waals surface area contributed by atoms with Crippen LogP contribution in [0.2, 0.25) is 0 Å². The number of halogens is 2. The van der Waals surface area contributed by atoms with E-state index in [0.717, 1.165) is 45.2 Å². The molecule has 2 rings (SSSR count). The summed E-state index contributed by atoms with van der Waals surface area (Å²) in [6.07, 6.45) is -0.192. The summed E-state index contributed by atoms with van der Waals surface area (Å²) in [7, 11) is 1.13. The summed E-state index contributed by atoms with van der Waals surface area (Å²) in [6.45, 7) is 4.72. The normalized spacial score (nSPS) is 12.9. The van der Waals surface area contributed by atoms with E-state index in [1.165, 1.54) is 19.9 Å². The van der Waals surface area contributed by atoms with Gasteiger partial charge in [0.25, 0.3) is 0 Å². The van der Waals surface area contributed by atoms with Crippen molar-refractivity contribution in [3.63, 3.8) is 0 Å². The molecule has 0 aliphatic carbocycles. The van der Waals surface area contributed by atoms with Gasteiger partial charge in [-0.2, -0.15) is 12.6 Å². The number of amides is 3. The van der Waals surface area contributed by atoms with E-state index in [9.17, 15) is 51.9 Å². The molecule has 4 unspecified atom stereocenters. The molecule has 55 heavy (non-hydrogen) atoms. The van der Waals surface area contributed by atoms with Gasteiger partial charge >= 0.3 is 11.9 Å². The molecule has 14 nitrogen and oxygen atoms in total. The molecule has 0 radical (unpaired) electrons. The molecule has 0 saturated carbocycles. The van der Waals surface area contributed by atoms with Crippen molar-refractivity contribution in [3.8, 4) is 16.9 Å². The first-order valence-corrected chi connectivity index (χ1v) is 19.8. The Balaban J connectivity index is 2.43. The molecule has 0 saturated heterocycles. The Kier molecular flexibility index (Phi) is 19.6. The SMILES string of the molecule is COC(=O)C(CSC(=O)C(CSC(=O)c1cc(-c2ccc(F)cc2F)ccc1OC(=O)C(CSC(=O)C(CS)NC(C)=O)NC(C)=O)NC(C)=O)CC(C)=O. The number of thioether (sulfide) groups is 3. The highest BCUT2D eigenvalue weighted by Gasteiger charge is 2.30. The molecule has 0 fully saturated rings. The number of hydrogen-bond acceptors (Lipinski definition) is 15. The molecule has 20 heteroatoms. The van der Waals surface area contributed by atoms with Gasteiger partial charge in [0.2, 0.25) is 33.1 Å². The predicted octanol–water partition coefficient (Wildman–Crippen LogP) is 3.14. The number of Topliss-reactive ketones (excluding diaryl/α,β-unsaturated/α-hetero) is 1. The Morgan fingerprint density at radius 3 is 1.84 bits per heavy atom. The van der Waals surface area contributed by atoms with Crippen LogP contribution in [-0.4, -0.2) is 99.0 Å². The summed E-state index contributed by atoms with van der Waals surface area (Å²) in [5, 5.41) is 5.19. The summed E-state index contributed by atoms with van der Waals surface area (Å²) in [4.78, 5) is 112. The number of rotatable bonds is 19. The van der Waals surface area contributed by atoms with Gasteiger partial charge in [0.1, 0.15) is 41.3 Å². The second-order valence-corrected chi connectivity index (χ2v) is 15.1. The van der Waals surface area contributed by atoms with Crippen molar-refractivity contribution < 1.29 is 61.4 Å². The molecular weight excluding hydrogens is 805 g/mol. The third kappa shape index (κ3) is 15.8. The lowest BCUT2D eigenvalue weighted by molar-refractivity contribution is -0.146. The first-order chi connectivity index (χ1) is 25.9. The Bertz CT molecular complexity index is 1810. The Labute approximate surface area is 333 Å². The van der Waals surface area contributed by atoms with Crippen LogP contribution in [0, 0.1) is 17.6 Å². The number of ether oxygens (including phenoxy) is 2. The molecule has 0 aliphatic heterocycles. The number of methoxy groups -OCH3 is 1. The smallest absolute Gasteiger partial charge is 0.334 e. The molecule has 2 aromatic rings. The van der Waals surface area contributed by atoms with Crippen LogP contribution in [0.25, 0.3) is 11.1 Å². The van der Waals surface area contributed by atoms with Gasteiger partial charge in [0.15, 0.2) is 0 Å². The third-order valence-corrected chi connectivity index (χ3v) is 10.6. The van der Waals surface area contributed by atoms with Crippen molar-refractivity contribution in [2.45, 2.75) is 52.2 Å². The number of carbonyl (C=O) groups excluding carboxylic acids is 9. The quantitative estimate of drug-likeness (QED) is 0.0911. The number of nitrogens with one attached hydrogen (secondary N) is 3. The minimum Gasteiger partial charge on any atom is -0.469 e. The average Bonchev–Trinajstić information content (AvgIpc) is 3.11. The number of thiol groups is 1. The standard InChI is InChI=1S/C35H39F2N3O11S4/c1-17(41)10-22(31(45)50-5)14-53-35(49)29(40-20(4)44)16-54-33(47)25-11-21(24-8-7-23(36)12-26(24)37)6-9-30(25)51-32(46)28(39-19(3)43)15-55-34(48)27(13-52)38-18(2)42/h6-9,11-12,22,27-29,52H,10,13-16H2,1-5H3,(H,38,42)(H,39,43)(H,40,44). The van der Waals surface area contributed by atoms with Crippen LogP contribution in [0.4, 0.5) is 8.78 Å². The molecule has 3 N–H and O–H groups in total. The van der Waals surface area contributed by atoms with Crippen molar-refractivity contribution in [1.29, 1.82) is 0 Å². The predicted molar refractivity (Wildman–Crippen MR) is 207 cm³/mol. The number of esters is 2. The summed E-state index contributed by atoms with van der Waals surface area (Å²) >= 11 is 5.83. The number of benzene rings is 2. The molecule has 0 aromatic heterocycles.